The molecule has 82 valence electrons. The van der Waals surface area contributed by atoms with Crippen molar-refractivity contribution in [2.24, 2.45) is 11.8 Å². The zero-order chi connectivity index (χ0) is 9.80. The van der Waals surface area contributed by atoms with E-state index in [-0.39, 0.29) is 6.10 Å². The predicted octanol–water partition coefficient (Wildman–Crippen LogP) is 0.773. The first-order chi connectivity index (χ1) is 6.88. The van der Waals surface area contributed by atoms with Gasteiger partial charge in [0.1, 0.15) is 0 Å². The predicted molar refractivity (Wildman–Crippen MR) is 55.1 cm³/mol. The Balaban J connectivity index is 1.82. The van der Waals surface area contributed by atoms with Gasteiger partial charge in [-0.05, 0) is 50.6 Å². The van der Waals surface area contributed by atoms with Crippen molar-refractivity contribution in [3.8, 4) is 0 Å². The highest BCUT2D eigenvalue weighted by molar-refractivity contribution is 4.81. The fraction of sp³-hybridized carbons (Fsp3) is 1.00. The molecule has 2 fully saturated rings. The van der Waals surface area contributed by atoms with Crippen LogP contribution in [0.4, 0.5) is 0 Å². The van der Waals surface area contributed by atoms with Gasteiger partial charge in [-0.2, -0.15) is 0 Å². The van der Waals surface area contributed by atoms with Crippen LogP contribution in [0, 0.1) is 11.8 Å². The lowest BCUT2D eigenvalue weighted by molar-refractivity contribution is -0.0235. The lowest BCUT2D eigenvalue weighted by Gasteiger charge is -2.34. The van der Waals surface area contributed by atoms with Gasteiger partial charge in [0, 0.05) is 13.2 Å². The van der Waals surface area contributed by atoms with Crippen LogP contribution in [0.15, 0.2) is 0 Å². The maximum absolute atomic E-state index is 10.2. The average Bonchev–Trinajstić information content (AvgIpc) is 2.30. The fourth-order valence-corrected chi connectivity index (χ4v) is 2.63. The highest BCUT2D eigenvalue weighted by Crippen LogP contribution is 2.27. The molecule has 14 heavy (non-hydrogen) atoms. The van der Waals surface area contributed by atoms with Gasteiger partial charge < -0.3 is 15.2 Å². The fourth-order valence-electron chi connectivity index (χ4n) is 2.63. The molecule has 2 aliphatic heterocycles. The van der Waals surface area contributed by atoms with Gasteiger partial charge in [0.2, 0.25) is 0 Å². The van der Waals surface area contributed by atoms with Crippen LogP contribution in [0.25, 0.3) is 0 Å². The topological polar surface area (TPSA) is 41.5 Å². The van der Waals surface area contributed by atoms with Gasteiger partial charge >= 0.3 is 0 Å². The summed E-state index contributed by atoms with van der Waals surface area (Å²) in [6.07, 6.45) is 4.29. The number of aliphatic hydroxyl groups is 1. The summed E-state index contributed by atoms with van der Waals surface area (Å²) in [6, 6.07) is 0. The van der Waals surface area contributed by atoms with E-state index in [0.717, 1.165) is 52.0 Å². The van der Waals surface area contributed by atoms with Gasteiger partial charge in [0.25, 0.3) is 0 Å². The number of hydrogen-bond donors (Lipinski definition) is 2. The second kappa shape index (κ2) is 5.10. The van der Waals surface area contributed by atoms with E-state index in [9.17, 15) is 5.11 Å². The van der Waals surface area contributed by atoms with E-state index in [1.54, 1.807) is 0 Å². The van der Waals surface area contributed by atoms with Crippen LogP contribution in [0.3, 0.4) is 0 Å². The number of rotatable bonds is 2. The van der Waals surface area contributed by atoms with Gasteiger partial charge in [-0.1, -0.05) is 0 Å². The van der Waals surface area contributed by atoms with Crippen molar-refractivity contribution in [3.05, 3.63) is 0 Å². The molecule has 0 unspecified atom stereocenters. The van der Waals surface area contributed by atoms with Crippen molar-refractivity contribution in [1.29, 1.82) is 0 Å². The molecule has 0 aromatic heterocycles. The Labute approximate surface area is 85.8 Å². The molecule has 2 heterocycles. The summed E-state index contributed by atoms with van der Waals surface area (Å²) in [5.41, 5.74) is 0. The highest BCUT2D eigenvalue weighted by atomic mass is 16.5. The van der Waals surface area contributed by atoms with Gasteiger partial charge in [0.15, 0.2) is 0 Å². The minimum absolute atomic E-state index is 0.0824. The molecule has 0 radical (unpaired) electrons. The van der Waals surface area contributed by atoms with Crippen molar-refractivity contribution >= 4 is 0 Å². The molecule has 0 aromatic carbocycles. The molecule has 1 atom stereocenters. The van der Waals surface area contributed by atoms with Crippen LogP contribution < -0.4 is 5.32 Å². The molecule has 0 aliphatic carbocycles. The minimum Gasteiger partial charge on any atom is -0.393 e. The van der Waals surface area contributed by atoms with E-state index in [4.69, 9.17) is 4.74 Å². The number of ether oxygens (including phenoxy) is 1. The first-order valence-corrected chi connectivity index (χ1v) is 5.84. The van der Waals surface area contributed by atoms with E-state index in [2.05, 4.69) is 5.32 Å². The summed E-state index contributed by atoms with van der Waals surface area (Å²) in [5, 5.41) is 13.6. The molecule has 0 amide bonds. The van der Waals surface area contributed by atoms with Crippen molar-refractivity contribution in [3.63, 3.8) is 0 Å². The summed E-state index contributed by atoms with van der Waals surface area (Å²) in [5.74, 6) is 1.02. The van der Waals surface area contributed by atoms with Gasteiger partial charge in [-0.3, -0.25) is 0 Å². The SMILES string of the molecule is O[C@H](C1CCNCC1)C1CCOCC1. The zero-order valence-electron chi connectivity index (χ0n) is 8.74. The quantitative estimate of drug-likeness (QED) is 0.690. The first-order valence-electron chi connectivity index (χ1n) is 5.84. The Bertz CT molecular complexity index is 145. The summed E-state index contributed by atoms with van der Waals surface area (Å²) in [7, 11) is 0. The molecular formula is C11H21NO2. The third-order valence-corrected chi connectivity index (χ3v) is 3.62. The Morgan fingerprint density at radius 3 is 2.21 bits per heavy atom. The van der Waals surface area contributed by atoms with Crippen molar-refractivity contribution in [1.82, 2.24) is 5.32 Å². The third kappa shape index (κ3) is 2.47. The zero-order valence-corrected chi connectivity index (χ0v) is 8.74. The molecular weight excluding hydrogens is 178 g/mol. The van der Waals surface area contributed by atoms with E-state index in [1.807, 2.05) is 0 Å². The van der Waals surface area contributed by atoms with Gasteiger partial charge in [0.05, 0.1) is 6.10 Å². The molecule has 2 N–H and O–H groups in total. The summed E-state index contributed by atoms with van der Waals surface area (Å²) in [6.45, 7) is 3.83. The molecule has 2 saturated heterocycles. The second-order valence-electron chi connectivity index (χ2n) is 4.53. The summed E-state index contributed by atoms with van der Waals surface area (Å²) < 4.78 is 5.31. The third-order valence-electron chi connectivity index (χ3n) is 3.62. The molecule has 0 aromatic rings. The summed E-state index contributed by atoms with van der Waals surface area (Å²) >= 11 is 0. The van der Waals surface area contributed by atoms with Gasteiger partial charge in [-0.15, -0.1) is 0 Å². The maximum atomic E-state index is 10.2. The number of nitrogens with one attached hydrogen (secondary N) is 1. The Kier molecular flexibility index (Phi) is 3.79. The van der Waals surface area contributed by atoms with Crippen LogP contribution in [0.5, 0.6) is 0 Å². The van der Waals surface area contributed by atoms with Crippen LogP contribution in [-0.2, 0) is 4.74 Å². The first kappa shape index (κ1) is 10.4. The standard InChI is InChI=1S/C11H21NO2/c13-11(9-1-5-12-6-2-9)10-3-7-14-8-4-10/h9-13H,1-8H2/t11-/m1/s1. The van der Waals surface area contributed by atoms with Crippen molar-refractivity contribution in [2.45, 2.75) is 31.8 Å². The molecule has 0 spiro atoms. The van der Waals surface area contributed by atoms with E-state index >= 15 is 0 Å². The molecule has 0 saturated carbocycles. The molecule has 2 rings (SSSR count). The van der Waals surface area contributed by atoms with Crippen LogP contribution >= 0.6 is 0 Å². The lowest BCUT2D eigenvalue weighted by Crippen LogP contribution is -2.39. The van der Waals surface area contributed by atoms with E-state index in [0.29, 0.717) is 11.8 Å². The highest BCUT2D eigenvalue weighted by Gasteiger charge is 2.29. The molecule has 3 nitrogen and oxygen atoms in total. The van der Waals surface area contributed by atoms with Gasteiger partial charge in [-0.25, -0.2) is 0 Å². The molecule has 3 heteroatoms. The monoisotopic (exact) mass is 199 g/mol. The normalized spacial score (nSPS) is 28.9. The second-order valence-corrected chi connectivity index (χ2v) is 4.53. The number of hydrogen-bond acceptors (Lipinski definition) is 3. The van der Waals surface area contributed by atoms with Crippen LogP contribution in [-0.4, -0.2) is 37.5 Å². The van der Waals surface area contributed by atoms with Crippen LogP contribution in [0.1, 0.15) is 25.7 Å². The Morgan fingerprint density at radius 1 is 1.00 bits per heavy atom. The molecule has 2 aliphatic rings. The van der Waals surface area contributed by atoms with E-state index in [1.165, 1.54) is 0 Å². The Hall–Kier alpha value is -0.120. The summed E-state index contributed by atoms with van der Waals surface area (Å²) in [4.78, 5) is 0. The Morgan fingerprint density at radius 2 is 1.57 bits per heavy atom. The smallest absolute Gasteiger partial charge is 0.0599 e. The average molecular weight is 199 g/mol. The van der Waals surface area contributed by atoms with Crippen molar-refractivity contribution in [2.75, 3.05) is 26.3 Å². The maximum Gasteiger partial charge on any atom is 0.0599 e. The van der Waals surface area contributed by atoms with Crippen LogP contribution in [0.2, 0.25) is 0 Å². The molecule has 0 bridgehead atoms. The number of aliphatic hydroxyl groups excluding tert-OH is 1. The number of piperidine rings is 1. The lowest BCUT2D eigenvalue weighted by atomic mass is 9.81. The largest absolute Gasteiger partial charge is 0.393 e. The minimum atomic E-state index is -0.0824. The van der Waals surface area contributed by atoms with Crippen molar-refractivity contribution < 1.29 is 9.84 Å². The van der Waals surface area contributed by atoms with E-state index < -0.39 is 0 Å².